The summed E-state index contributed by atoms with van der Waals surface area (Å²) in [5.74, 6) is 1.73. The second-order valence-electron chi connectivity index (χ2n) is 8.06. The lowest BCUT2D eigenvalue weighted by atomic mass is 10.1. The summed E-state index contributed by atoms with van der Waals surface area (Å²) in [5.41, 5.74) is 2.71. The summed E-state index contributed by atoms with van der Waals surface area (Å²) >= 11 is 0. The van der Waals surface area contributed by atoms with Crippen LogP contribution in [-0.2, 0) is 11.3 Å². The molecule has 3 aromatic rings. The summed E-state index contributed by atoms with van der Waals surface area (Å²) in [7, 11) is 0. The van der Waals surface area contributed by atoms with Crippen molar-refractivity contribution >= 4 is 22.8 Å². The number of pyridine rings is 1. The number of ether oxygens (including phenoxy) is 1. The van der Waals surface area contributed by atoms with Crippen molar-refractivity contribution in [2.45, 2.75) is 25.9 Å². The van der Waals surface area contributed by atoms with E-state index in [1.807, 2.05) is 12.1 Å². The lowest BCUT2D eigenvalue weighted by Crippen LogP contribution is -2.38. The Hall–Kier alpha value is -2.97. The van der Waals surface area contributed by atoms with Crippen LogP contribution in [0.5, 0.6) is 5.75 Å². The number of nitrogens with zero attached hydrogens (tertiary/aromatic N) is 5. The third-order valence-corrected chi connectivity index (χ3v) is 6.02. The molecule has 0 aliphatic carbocycles. The molecule has 8 heteroatoms. The molecule has 0 atom stereocenters. The predicted octanol–water partition coefficient (Wildman–Crippen LogP) is 2.72. The van der Waals surface area contributed by atoms with Crippen LogP contribution in [0.2, 0.25) is 0 Å². The highest BCUT2D eigenvalue weighted by Gasteiger charge is 2.22. The van der Waals surface area contributed by atoms with E-state index in [4.69, 9.17) is 19.7 Å². The largest absolute Gasteiger partial charge is 0.508 e. The zero-order chi connectivity index (χ0) is 21.2. The number of fused-ring (bicyclic) bond motifs is 1. The molecule has 8 nitrogen and oxygen atoms in total. The van der Waals surface area contributed by atoms with Gasteiger partial charge in [-0.2, -0.15) is 9.97 Å². The van der Waals surface area contributed by atoms with Crippen molar-refractivity contribution < 1.29 is 14.9 Å². The van der Waals surface area contributed by atoms with Crippen molar-refractivity contribution in [2.75, 3.05) is 49.2 Å². The van der Waals surface area contributed by atoms with E-state index in [0.29, 0.717) is 24.4 Å². The number of aliphatic hydroxyl groups excluding tert-OH is 1. The number of aromatic nitrogens is 3. The molecule has 2 aliphatic heterocycles. The van der Waals surface area contributed by atoms with Crippen molar-refractivity contribution in [3.05, 3.63) is 35.9 Å². The van der Waals surface area contributed by atoms with Crippen LogP contribution >= 0.6 is 0 Å². The number of anilines is 2. The minimum absolute atomic E-state index is 0.0800. The summed E-state index contributed by atoms with van der Waals surface area (Å²) in [4.78, 5) is 19.2. The molecule has 0 radical (unpaired) electrons. The van der Waals surface area contributed by atoms with Crippen LogP contribution < -0.4 is 9.80 Å². The average molecular weight is 422 g/mol. The van der Waals surface area contributed by atoms with E-state index < -0.39 is 0 Å². The summed E-state index contributed by atoms with van der Waals surface area (Å²) in [6.07, 6.45) is 3.55. The van der Waals surface area contributed by atoms with Crippen molar-refractivity contribution in [3.8, 4) is 17.0 Å². The van der Waals surface area contributed by atoms with Gasteiger partial charge in [0.2, 0.25) is 5.95 Å². The Morgan fingerprint density at radius 2 is 1.68 bits per heavy atom. The Labute approximate surface area is 181 Å². The van der Waals surface area contributed by atoms with E-state index >= 15 is 0 Å². The number of rotatable bonds is 4. The fourth-order valence-corrected chi connectivity index (χ4v) is 4.27. The number of aliphatic hydroxyl groups is 1. The zero-order valence-electron chi connectivity index (χ0n) is 17.5. The van der Waals surface area contributed by atoms with Crippen molar-refractivity contribution in [3.63, 3.8) is 0 Å². The molecule has 31 heavy (non-hydrogen) atoms. The third-order valence-electron chi connectivity index (χ3n) is 6.02. The Kier molecular flexibility index (Phi) is 5.57. The van der Waals surface area contributed by atoms with E-state index in [1.54, 1.807) is 18.2 Å². The second kappa shape index (κ2) is 8.64. The third kappa shape index (κ3) is 4.00. The molecule has 2 saturated heterocycles. The molecular formula is C23H27N5O3. The van der Waals surface area contributed by atoms with E-state index in [2.05, 4.69) is 9.80 Å². The summed E-state index contributed by atoms with van der Waals surface area (Å²) < 4.78 is 5.54. The maximum Gasteiger partial charge on any atom is 0.229 e. The number of piperidine rings is 1. The van der Waals surface area contributed by atoms with Gasteiger partial charge in [-0.05, 0) is 49.6 Å². The first-order valence-corrected chi connectivity index (χ1v) is 10.9. The number of benzene rings is 1. The van der Waals surface area contributed by atoms with Crippen LogP contribution in [0.25, 0.3) is 22.3 Å². The first-order chi connectivity index (χ1) is 15.2. The van der Waals surface area contributed by atoms with Gasteiger partial charge in [0.25, 0.3) is 0 Å². The van der Waals surface area contributed by atoms with Crippen LogP contribution in [0.3, 0.4) is 0 Å². The maximum atomic E-state index is 9.89. The molecule has 0 amide bonds. The van der Waals surface area contributed by atoms with Crippen LogP contribution in [0.1, 0.15) is 24.8 Å². The molecule has 2 aromatic heterocycles. The van der Waals surface area contributed by atoms with Crippen molar-refractivity contribution in [1.82, 2.24) is 15.0 Å². The van der Waals surface area contributed by atoms with Crippen LogP contribution in [0, 0.1) is 0 Å². The van der Waals surface area contributed by atoms with Gasteiger partial charge in [-0.1, -0.05) is 0 Å². The van der Waals surface area contributed by atoms with Crippen molar-refractivity contribution in [1.29, 1.82) is 0 Å². The molecule has 2 aliphatic rings. The van der Waals surface area contributed by atoms with Gasteiger partial charge in [0.05, 0.1) is 30.9 Å². The van der Waals surface area contributed by atoms with Gasteiger partial charge in [-0.15, -0.1) is 0 Å². The van der Waals surface area contributed by atoms with E-state index in [9.17, 15) is 10.2 Å². The minimum atomic E-state index is -0.226. The van der Waals surface area contributed by atoms with Crippen molar-refractivity contribution in [2.24, 2.45) is 0 Å². The van der Waals surface area contributed by atoms with E-state index in [1.165, 1.54) is 6.42 Å². The van der Waals surface area contributed by atoms with Gasteiger partial charge in [0.15, 0.2) is 5.65 Å². The average Bonchev–Trinajstić information content (AvgIpc) is 2.84. The quantitative estimate of drug-likeness (QED) is 0.664. The van der Waals surface area contributed by atoms with Gasteiger partial charge in [-0.25, -0.2) is 4.98 Å². The SMILES string of the molecule is OCc1cc(-c2ccc3c(N4CCOCC4)nc(N4CCCCC4)nc3n2)ccc1O. The van der Waals surface area contributed by atoms with Crippen LogP contribution in [0.15, 0.2) is 30.3 Å². The fourth-order valence-electron chi connectivity index (χ4n) is 4.27. The fraction of sp³-hybridized carbons (Fsp3) is 0.435. The number of hydrogen-bond acceptors (Lipinski definition) is 8. The molecule has 0 bridgehead atoms. The van der Waals surface area contributed by atoms with E-state index in [0.717, 1.165) is 67.4 Å². The number of morpholine rings is 1. The van der Waals surface area contributed by atoms with Crippen LogP contribution in [-0.4, -0.2) is 64.6 Å². The first kappa shape index (κ1) is 20.0. The molecule has 2 N–H and O–H groups in total. The molecule has 0 unspecified atom stereocenters. The summed E-state index contributed by atoms with van der Waals surface area (Å²) in [6, 6.07) is 9.13. The highest BCUT2D eigenvalue weighted by Crippen LogP contribution is 2.31. The lowest BCUT2D eigenvalue weighted by molar-refractivity contribution is 0.122. The minimum Gasteiger partial charge on any atom is -0.508 e. The van der Waals surface area contributed by atoms with E-state index in [-0.39, 0.29) is 12.4 Å². The highest BCUT2D eigenvalue weighted by atomic mass is 16.5. The number of hydrogen-bond donors (Lipinski definition) is 2. The molecule has 2 fully saturated rings. The molecule has 0 spiro atoms. The number of phenols is 1. The van der Waals surface area contributed by atoms with Gasteiger partial charge >= 0.3 is 0 Å². The van der Waals surface area contributed by atoms with Crippen LogP contribution in [0.4, 0.5) is 11.8 Å². The lowest BCUT2D eigenvalue weighted by Gasteiger charge is -2.31. The molecule has 1 aromatic carbocycles. The topological polar surface area (TPSA) is 94.8 Å². The Morgan fingerprint density at radius 1 is 0.871 bits per heavy atom. The molecular weight excluding hydrogens is 394 g/mol. The summed E-state index contributed by atoms with van der Waals surface area (Å²) in [6.45, 7) is 4.67. The molecule has 162 valence electrons. The Morgan fingerprint density at radius 3 is 2.45 bits per heavy atom. The van der Waals surface area contributed by atoms with Gasteiger partial charge in [0, 0.05) is 37.3 Å². The predicted molar refractivity (Wildman–Crippen MR) is 119 cm³/mol. The molecule has 0 saturated carbocycles. The normalized spacial score (nSPS) is 17.3. The zero-order valence-corrected chi connectivity index (χ0v) is 17.5. The molecule has 4 heterocycles. The monoisotopic (exact) mass is 421 g/mol. The number of aromatic hydroxyl groups is 1. The Balaban J connectivity index is 1.61. The van der Waals surface area contributed by atoms with Gasteiger partial charge in [-0.3, -0.25) is 0 Å². The standard InChI is InChI=1S/C23H27N5O3/c29-15-17-14-16(4-7-20(17)30)19-6-5-18-21(24-19)25-23(28-8-2-1-3-9-28)26-22(18)27-10-12-31-13-11-27/h4-7,14,29-30H,1-3,8-13,15H2. The second-order valence-corrected chi connectivity index (χ2v) is 8.06. The van der Waals surface area contributed by atoms with Gasteiger partial charge in [0.1, 0.15) is 11.6 Å². The Bertz CT molecular complexity index is 1080. The molecule has 5 rings (SSSR count). The van der Waals surface area contributed by atoms with Gasteiger partial charge < -0.3 is 24.7 Å². The maximum absolute atomic E-state index is 9.89. The first-order valence-electron chi connectivity index (χ1n) is 10.9. The summed E-state index contributed by atoms with van der Waals surface area (Å²) in [5, 5.41) is 20.3. The highest BCUT2D eigenvalue weighted by molar-refractivity contribution is 5.90. The smallest absolute Gasteiger partial charge is 0.229 e.